The van der Waals surface area contributed by atoms with Gasteiger partial charge in [0.1, 0.15) is 5.75 Å². The van der Waals surface area contributed by atoms with E-state index in [9.17, 15) is 14.9 Å². The molecule has 1 heterocycles. The Morgan fingerprint density at radius 2 is 2.24 bits per heavy atom. The van der Waals surface area contributed by atoms with Crippen LogP contribution in [0.1, 0.15) is 0 Å². The number of hydrogen-bond donors (Lipinski definition) is 1. The summed E-state index contributed by atoms with van der Waals surface area (Å²) in [6.07, 6.45) is 3.00. The van der Waals surface area contributed by atoms with Gasteiger partial charge in [0.15, 0.2) is 0 Å². The Labute approximate surface area is 95.4 Å². The second kappa shape index (κ2) is 4.12. The van der Waals surface area contributed by atoms with Crippen LogP contribution in [0.2, 0.25) is 0 Å². The summed E-state index contributed by atoms with van der Waals surface area (Å²) in [5.41, 5.74) is 0.0238. The van der Waals surface area contributed by atoms with Crippen LogP contribution in [-0.2, 0) is 0 Å². The molecule has 0 amide bonds. The maximum atomic E-state index is 11.4. The van der Waals surface area contributed by atoms with Crippen LogP contribution >= 0.6 is 0 Å². The molecule has 0 radical (unpaired) electrons. The molecule has 0 saturated heterocycles. The van der Waals surface area contributed by atoms with Gasteiger partial charge in [0.25, 0.3) is 5.69 Å². The topological polar surface area (TPSA) is 90.2 Å². The van der Waals surface area contributed by atoms with Crippen LogP contribution in [0.4, 0.5) is 5.69 Å². The molecule has 0 bridgehead atoms. The van der Waals surface area contributed by atoms with E-state index in [1.54, 1.807) is 0 Å². The number of ether oxygens (including phenoxy) is 1. The van der Waals surface area contributed by atoms with Crippen molar-refractivity contribution >= 4 is 5.69 Å². The summed E-state index contributed by atoms with van der Waals surface area (Å²) >= 11 is 0. The zero-order chi connectivity index (χ0) is 12.4. The number of aromatic amines is 1. The van der Waals surface area contributed by atoms with Crippen LogP contribution in [0.3, 0.4) is 0 Å². The minimum absolute atomic E-state index is 0.0887. The summed E-state index contributed by atoms with van der Waals surface area (Å²) in [7, 11) is 1.39. The van der Waals surface area contributed by atoms with Crippen LogP contribution in [0.25, 0.3) is 5.69 Å². The van der Waals surface area contributed by atoms with E-state index in [0.717, 1.165) is 0 Å². The van der Waals surface area contributed by atoms with Gasteiger partial charge in [-0.1, -0.05) is 0 Å². The fourth-order valence-electron chi connectivity index (χ4n) is 1.49. The number of nitro benzene ring substituents is 1. The van der Waals surface area contributed by atoms with Crippen molar-refractivity contribution in [3.05, 3.63) is 51.2 Å². The number of H-pyrrole nitrogens is 1. The highest BCUT2D eigenvalue weighted by atomic mass is 16.6. The SMILES string of the molecule is COc1cc([N+](=O)[O-])ccc1-n1cc[nH]c1=O. The number of aromatic nitrogens is 2. The van der Waals surface area contributed by atoms with Crippen molar-refractivity contribution in [1.29, 1.82) is 0 Å². The number of non-ortho nitro benzene ring substituents is 1. The van der Waals surface area contributed by atoms with Gasteiger partial charge in [0, 0.05) is 18.5 Å². The van der Waals surface area contributed by atoms with Crippen LogP contribution in [0.15, 0.2) is 35.4 Å². The fraction of sp³-hybridized carbons (Fsp3) is 0.100. The number of rotatable bonds is 3. The number of benzene rings is 1. The first-order valence-electron chi connectivity index (χ1n) is 4.72. The van der Waals surface area contributed by atoms with E-state index in [-0.39, 0.29) is 17.1 Å². The minimum atomic E-state index is -0.522. The van der Waals surface area contributed by atoms with E-state index < -0.39 is 4.92 Å². The predicted octanol–water partition coefficient (Wildman–Crippen LogP) is 1.08. The third-order valence-electron chi connectivity index (χ3n) is 2.28. The van der Waals surface area contributed by atoms with Crippen LogP contribution in [0.5, 0.6) is 5.75 Å². The fourth-order valence-corrected chi connectivity index (χ4v) is 1.49. The molecule has 1 aromatic heterocycles. The van der Waals surface area contributed by atoms with Crippen molar-refractivity contribution in [3.8, 4) is 11.4 Å². The Hall–Kier alpha value is -2.57. The summed E-state index contributed by atoms with van der Waals surface area (Å²) in [4.78, 5) is 24.0. The zero-order valence-electron chi connectivity index (χ0n) is 8.91. The number of methoxy groups -OCH3 is 1. The molecule has 1 N–H and O–H groups in total. The van der Waals surface area contributed by atoms with Crippen molar-refractivity contribution in [3.63, 3.8) is 0 Å². The van der Waals surface area contributed by atoms with Crippen LogP contribution < -0.4 is 10.4 Å². The lowest BCUT2D eigenvalue weighted by Gasteiger charge is -2.07. The summed E-state index contributed by atoms with van der Waals surface area (Å²) < 4.78 is 6.34. The molecule has 1 aromatic carbocycles. The number of nitro groups is 1. The lowest BCUT2D eigenvalue weighted by Crippen LogP contribution is -2.14. The van der Waals surface area contributed by atoms with Gasteiger partial charge in [-0.25, -0.2) is 4.79 Å². The van der Waals surface area contributed by atoms with Gasteiger partial charge in [0.2, 0.25) is 0 Å². The second-order valence-electron chi connectivity index (χ2n) is 3.25. The molecule has 0 spiro atoms. The lowest BCUT2D eigenvalue weighted by molar-refractivity contribution is -0.384. The summed E-state index contributed by atoms with van der Waals surface area (Å²) in [6.45, 7) is 0. The molecule has 17 heavy (non-hydrogen) atoms. The summed E-state index contributed by atoms with van der Waals surface area (Å²) in [5.74, 6) is 0.265. The van der Waals surface area contributed by atoms with Crippen LogP contribution in [0, 0.1) is 10.1 Å². The van der Waals surface area contributed by atoms with Crippen molar-refractivity contribution in [2.75, 3.05) is 7.11 Å². The van der Waals surface area contributed by atoms with Gasteiger partial charge in [-0.05, 0) is 6.07 Å². The first-order chi connectivity index (χ1) is 8.13. The molecule has 0 aliphatic heterocycles. The monoisotopic (exact) mass is 235 g/mol. The molecule has 0 atom stereocenters. The molecule has 0 unspecified atom stereocenters. The molecule has 0 aliphatic carbocycles. The van der Waals surface area contributed by atoms with E-state index in [1.807, 2.05) is 0 Å². The molecular formula is C10H9N3O4. The van der Waals surface area contributed by atoms with Gasteiger partial charge in [-0.3, -0.25) is 14.7 Å². The van der Waals surface area contributed by atoms with Crippen molar-refractivity contribution < 1.29 is 9.66 Å². The van der Waals surface area contributed by atoms with E-state index in [0.29, 0.717) is 5.69 Å². The van der Waals surface area contributed by atoms with E-state index in [4.69, 9.17) is 4.74 Å². The standard InChI is InChI=1S/C10H9N3O4/c1-17-9-6-7(13(15)16)2-3-8(9)12-5-4-11-10(12)14/h2-6H,1H3,(H,11,14). The van der Waals surface area contributed by atoms with Crippen molar-refractivity contribution in [2.24, 2.45) is 0 Å². The Kier molecular flexibility index (Phi) is 2.65. The van der Waals surface area contributed by atoms with Crippen molar-refractivity contribution in [2.45, 2.75) is 0 Å². The number of nitrogens with zero attached hydrogens (tertiary/aromatic N) is 2. The average molecular weight is 235 g/mol. The molecule has 2 aromatic rings. The number of imidazole rings is 1. The Morgan fingerprint density at radius 3 is 2.76 bits per heavy atom. The van der Waals surface area contributed by atoms with Crippen LogP contribution in [-0.4, -0.2) is 21.6 Å². The molecule has 7 heteroatoms. The molecule has 0 aliphatic rings. The first kappa shape index (κ1) is 10.9. The maximum absolute atomic E-state index is 11.4. The normalized spacial score (nSPS) is 10.2. The highest BCUT2D eigenvalue weighted by Crippen LogP contribution is 2.26. The third-order valence-corrected chi connectivity index (χ3v) is 2.28. The highest BCUT2D eigenvalue weighted by Gasteiger charge is 2.13. The van der Waals surface area contributed by atoms with Gasteiger partial charge in [-0.2, -0.15) is 0 Å². The average Bonchev–Trinajstić information content (AvgIpc) is 2.74. The quantitative estimate of drug-likeness (QED) is 0.636. The number of hydrogen-bond acceptors (Lipinski definition) is 4. The third kappa shape index (κ3) is 1.89. The number of nitrogens with one attached hydrogen (secondary N) is 1. The first-order valence-corrected chi connectivity index (χ1v) is 4.72. The highest BCUT2D eigenvalue weighted by molar-refractivity contribution is 5.53. The second-order valence-corrected chi connectivity index (χ2v) is 3.25. The molecule has 2 rings (SSSR count). The summed E-state index contributed by atoms with van der Waals surface area (Å²) in [6, 6.07) is 4.05. The molecular weight excluding hydrogens is 226 g/mol. The Bertz CT molecular complexity index is 614. The summed E-state index contributed by atoms with van der Waals surface area (Å²) in [5, 5.41) is 10.6. The predicted molar refractivity (Wildman–Crippen MR) is 59.6 cm³/mol. The van der Waals surface area contributed by atoms with Gasteiger partial charge < -0.3 is 9.72 Å². The molecule has 0 fully saturated rings. The smallest absolute Gasteiger partial charge is 0.330 e. The van der Waals surface area contributed by atoms with E-state index in [1.165, 1.54) is 42.3 Å². The van der Waals surface area contributed by atoms with Crippen molar-refractivity contribution in [1.82, 2.24) is 9.55 Å². The largest absolute Gasteiger partial charge is 0.494 e. The van der Waals surface area contributed by atoms with E-state index in [2.05, 4.69) is 4.98 Å². The zero-order valence-corrected chi connectivity index (χ0v) is 8.91. The van der Waals surface area contributed by atoms with Gasteiger partial charge in [-0.15, -0.1) is 0 Å². The Morgan fingerprint density at radius 1 is 1.47 bits per heavy atom. The Balaban J connectivity index is 2.60. The maximum Gasteiger partial charge on any atom is 0.330 e. The van der Waals surface area contributed by atoms with Gasteiger partial charge in [0.05, 0.1) is 23.8 Å². The lowest BCUT2D eigenvalue weighted by atomic mass is 10.2. The molecule has 7 nitrogen and oxygen atoms in total. The van der Waals surface area contributed by atoms with E-state index >= 15 is 0 Å². The molecule has 88 valence electrons. The minimum Gasteiger partial charge on any atom is -0.494 e. The molecule has 0 saturated carbocycles. The van der Waals surface area contributed by atoms with Gasteiger partial charge >= 0.3 is 5.69 Å².